The Balaban J connectivity index is 2.12. The molecule has 0 unspecified atom stereocenters. The second-order valence-corrected chi connectivity index (χ2v) is 9.18. The molecular formula is C18H25NO5S. The lowest BCUT2D eigenvalue weighted by atomic mass is 9.91. The number of esters is 1. The first kappa shape index (κ1) is 19.6. The van der Waals surface area contributed by atoms with Crippen LogP contribution in [0.3, 0.4) is 0 Å². The molecule has 6 nitrogen and oxygen atoms in total. The molecule has 1 aliphatic heterocycles. The second kappa shape index (κ2) is 7.66. The highest BCUT2D eigenvalue weighted by Gasteiger charge is 2.27. The fourth-order valence-electron chi connectivity index (χ4n) is 2.47. The summed E-state index contributed by atoms with van der Waals surface area (Å²) >= 11 is 0. The predicted octanol–water partition coefficient (Wildman–Crippen LogP) is 2.63. The monoisotopic (exact) mass is 367 g/mol. The van der Waals surface area contributed by atoms with Gasteiger partial charge in [0.25, 0.3) is 0 Å². The van der Waals surface area contributed by atoms with Crippen molar-refractivity contribution in [3.05, 3.63) is 29.8 Å². The lowest BCUT2D eigenvalue weighted by Crippen LogP contribution is -2.35. The summed E-state index contributed by atoms with van der Waals surface area (Å²) in [5.74, 6) is -0.897. The third-order valence-corrected chi connectivity index (χ3v) is 6.09. The van der Waals surface area contributed by atoms with Gasteiger partial charge in [-0.05, 0) is 31.0 Å². The van der Waals surface area contributed by atoms with Crippen molar-refractivity contribution >= 4 is 21.8 Å². The molecule has 7 heteroatoms. The molecule has 2 rings (SSSR count). The molecule has 1 aliphatic rings. The van der Waals surface area contributed by atoms with Crippen molar-refractivity contribution in [2.45, 2.75) is 44.9 Å². The first-order valence-electron chi connectivity index (χ1n) is 8.43. The number of carbonyl (C=O) groups excluding carboxylic acids is 2. The zero-order valence-corrected chi connectivity index (χ0v) is 15.8. The molecule has 0 bridgehead atoms. The van der Waals surface area contributed by atoms with Gasteiger partial charge in [0.2, 0.25) is 10.0 Å². The van der Waals surface area contributed by atoms with Gasteiger partial charge in [0, 0.05) is 18.5 Å². The van der Waals surface area contributed by atoms with E-state index >= 15 is 0 Å². The fraction of sp³-hybridized carbons (Fsp3) is 0.556. The molecule has 25 heavy (non-hydrogen) atoms. The average molecular weight is 367 g/mol. The minimum Gasteiger partial charge on any atom is -0.454 e. The van der Waals surface area contributed by atoms with E-state index < -0.39 is 21.4 Å². The summed E-state index contributed by atoms with van der Waals surface area (Å²) in [7, 11) is -3.61. The number of carbonyl (C=O) groups is 2. The van der Waals surface area contributed by atoms with Crippen LogP contribution in [-0.4, -0.2) is 44.2 Å². The van der Waals surface area contributed by atoms with E-state index in [-0.39, 0.29) is 22.8 Å². The minimum absolute atomic E-state index is 0.0750. The SMILES string of the molecule is CC(C)(C)C(=O)COC(=O)c1cccc(S(=O)(=O)N2CCCCC2)c1. The minimum atomic E-state index is -3.61. The van der Waals surface area contributed by atoms with E-state index in [4.69, 9.17) is 4.74 Å². The lowest BCUT2D eigenvalue weighted by Gasteiger charge is -2.26. The van der Waals surface area contributed by atoms with Crippen molar-refractivity contribution < 1.29 is 22.7 Å². The lowest BCUT2D eigenvalue weighted by molar-refractivity contribution is -0.129. The van der Waals surface area contributed by atoms with Gasteiger partial charge in [0.1, 0.15) is 0 Å². The molecule has 1 aromatic rings. The summed E-state index contributed by atoms with van der Waals surface area (Å²) < 4.78 is 31.8. The topological polar surface area (TPSA) is 80.8 Å². The zero-order chi connectivity index (χ0) is 18.7. The van der Waals surface area contributed by atoms with Crippen LogP contribution in [0.2, 0.25) is 0 Å². The molecule has 1 fully saturated rings. The number of sulfonamides is 1. The third-order valence-electron chi connectivity index (χ3n) is 4.19. The van der Waals surface area contributed by atoms with Gasteiger partial charge in [-0.15, -0.1) is 0 Å². The van der Waals surface area contributed by atoms with Crippen LogP contribution in [0.4, 0.5) is 0 Å². The Hall–Kier alpha value is -1.73. The molecule has 0 radical (unpaired) electrons. The molecule has 138 valence electrons. The smallest absolute Gasteiger partial charge is 0.338 e. The van der Waals surface area contributed by atoms with Crippen LogP contribution in [0.1, 0.15) is 50.4 Å². The summed E-state index contributed by atoms with van der Waals surface area (Å²) in [5, 5.41) is 0. The normalized spacial score (nSPS) is 16.4. The summed E-state index contributed by atoms with van der Waals surface area (Å²) in [6, 6.07) is 5.78. The fourth-order valence-corrected chi connectivity index (χ4v) is 4.03. The van der Waals surface area contributed by atoms with E-state index in [9.17, 15) is 18.0 Å². The highest BCUT2D eigenvalue weighted by molar-refractivity contribution is 7.89. The molecule has 0 atom stereocenters. The van der Waals surface area contributed by atoms with Gasteiger partial charge in [-0.3, -0.25) is 4.79 Å². The number of nitrogens with zero attached hydrogens (tertiary/aromatic N) is 1. The standard InChI is InChI=1S/C18H25NO5S/c1-18(2,3)16(20)13-24-17(21)14-8-7-9-15(12-14)25(22,23)19-10-5-4-6-11-19/h7-9,12H,4-6,10-11,13H2,1-3H3. The first-order chi connectivity index (χ1) is 11.6. The molecule has 0 amide bonds. The van der Waals surface area contributed by atoms with E-state index in [1.807, 2.05) is 0 Å². The van der Waals surface area contributed by atoms with Gasteiger partial charge in [-0.2, -0.15) is 4.31 Å². The number of ketones is 1. The maximum atomic E-state index is 12.7. The number of Topliss-reactive ketones (excluding diaryl/α,β-unsaturated/α-hetero) is 1. The molecule has 1 saturated heterocycles. The quantitative estimate of drug-likeness (QED) is 0.747. The van der Waals surface area contributed by atoms with Gasteiger partial charge in [0.15, 0.2) is 12.4 Å². The maximum absolute atomic E-state index is 12.7. The van der Waals surface area contributed by atoms with Gasteiger partial charge in [-0.25, -0.2) is 13.2 Å². The molecular weight excluding hydrogens is 342 g/mol. The summed E-state index contributed by atoms with van der Waals surface area (Å²) in [6.45, 7) is 5.90. The Labute approximate surface area is 149 Å². The number of piperidine rings is 1. The number of hydrogen-bond acceptors (Lipinski definition) is 5. The highest BCUT2D eigenvalue weighted by atomic mass is 32.2. The second-order valence-electron chi connectivity index (χ2n) is 7.24. The molecule has 1 aromatic carbocycles. The Morgan fingerprint density at radius 1 is 1.12 bits per heavy atom. The van der Waals surface area contributed by atoms with E-state index in [0.29, 0.717) is 13.1 Å². The van der Waals surface area contributed by atoms with Crippen LogP contribution in [0.15, 0.2) is 29.2 Å². The van der Waals surface area contributed by atoms with Gasteiger partial charge >= 0.3 is 5.97 Å². The van der Waals surface area contributed by atoms with Gasteiger partial charge in [0.05, 0.1) is 10.5 Å². The number of ether oxygens (including phenoxy) is 1. The molecule has 1 heterocycles. The Bertz CT molecular complexity index is 743. The van der Waals surface area contributed by atoms with Crippen molar-refractivity contribution in [3.63, 3.8) is 0 Å². The summed E-state index contributed by atoms with van der Waals surface area (Å²) in [4.78, 5) is 24.1. The zero-order valence-electron chi connectivity index (χ0n) is 14.9. The number of rotatable bonds is 5. The van der Waals surface area contributed by atoms with Crippen molar-refractivity contribution in [2.75, 3.05) is 19.7 Å². The van der Waals surface area contributed by atoms with Crippen LogP contribution in [0, 0.1) is 5.41 Å². The molecule has 0 saturated carbocycles. The predicted molar refractivity (Wildman–Crippen MR) is 93.8 cm³/mol. The van der Waals surface area contributed by atoms with Crippen LogP contribution in [0.5, 0.6) is 0 Å². The van der Waals surface area contributed by atoms with Gasteiger partial charge in [-0.1, -0.05) is 33.3 Å². The highest BCUT2D eigenvalue weighted by Crippen LogP contribution is 2.22. The third kappa shape index (κ3) is 4.89. The summed E-state index contributed by atoms with van der Waals surface area (Å²) in [5.41, 5.74) is -0.473. The Morgan fingerprint density at radius 3 is 2.36 bits per heavy atom. The molecule has 0 aromatic heterocycles. The average Bonchev–Trinajstić information content (AvgIpc) is 2.59. The van der Waals surface area contributed by atoms with Crippen LogP contribution < -0.4 is 0 Å². The van der Waals surface area contributed by atoms with Crippen molar-refractivity contribution in [1.82, 2.24) is 4.31 Å². The van der Waals surface area contributed by atoms with Crippen molar-refractivity contribution in [2.24, 2.45) is 5.41 Å². The van der Waals surface area contributed by atoms with Crippen LogP contribution in [0.25, 0.3) is 0 Å². The largest absolute Gasteiger partial charge is 0.454 e. The first-order valence-corrected chi connectivity index (χ1v) is 9.87. The maximum Gasteiger partial charge on any atom is 0.338 e. The van der Waals surface area contributed by atoms with E-state index in [1.54, 1.807) is 20.8 Å². The Kier molecular flexibility index (Phi) is 6.00. The Morgan fingerprint density at radius 2 is 1.76 bits per heavy atom. The van der Waals surface area contributed by atoms with E-state index in [0.717, 1.165) is 19.3 Å². The van der Waals surface area contributed by atoms with Crippen molar-refractivity contribution in [3.8, 4) is 0 Å². The van der Waals surface area contributed by atoms with Crippen molar-refractivity contribution in [1.29, 1.82) is 0 Å². The van der Waals surface area contributed by atoms with Crippen LogP contribution in [-0.2, 0) is 19.6 Å². The molecule has 0 spiro atoms. The number of benzene rings is 1. The van der Waals surface area contributed by atoms with Gasteiger partial charge < -0.3 is 4.74 Å². The number of hydrogen-bond donors (Lipinski definition) is 0. The van der Waals surface area contributed by atoms with E-state index in [2.05, 4.69) is 0 Å². The van der Waals surface area contributed by atoms with E-state index in [1.165, 1.54) is 28.6 Å². The summed E-state index contributed by atoms with van der Waals surface area (Å²) in [6.07, 6.45) is 2.71. The molecule has 0 aliphatic carbocycles. The van der Waals surface area contributed by atoms with Crippen LogP contribution >= 0.6 is 0 Å². The molecule has 0 N–H and O–H groups in total.